The van der Waals surface area contributed by atoms with E-state index in [2.05, 4.69) is 5.32 Å². The Labute approximate surface area is 154 Å². The summed E-state index contributed by atoms with van der Waals surface area (Å²) < 4.78 is 0. The summed E-state index contributed by atoms with van der Waals surface area (Å²) in [5, 5.41) is 23.7. The van der Waals surface area contributed by atoms with Crippen molar-refractivity contribution in [1.82, 2.24) is 0 Å². The first-order valence-corrected chi connectivity index (χ1v) is 8.90. The number of amides is 1. The third kappa shape index (κ3) is 4.10. The largest absolute Gasteiger partial charge is 0.508 e. The Hall–Kier alpha value is -3.12. The number of aromatic carboxylic acids is 1. The molecule has 5 nitrogen and oxygen atoms in total. The van der Waals surface area contributed by atoms with Crippen molar-refractivity contribution in [1.29, 1.82) is 0 Å². The van der Waals surface area contributed by atoms with E-state index in [9.17, 15) is 19.8 Å². The molecule has 0 unspecified atom stereocenters. The molecular formula is C20H17NO4S. The molecule has 0 aliphatic heterocycles. The molecule has 3 N–H and O–H groups in total. The second kappa shape index (κ2) is 7.84. The molecule has 0 saturated carbocycles. The minimum Gasteiger partial charge on any atom is -0.508 e. The molecule has 3 rings (SSSR count). The van der Waals surface area contributed by atoms with Crippen molar-refractivity contribution < 1.29 is 19.8 Å². The number of rotatable bonds is 6. The van der Waals surface area contributed by atoms with Crippen LogP contribution in [0.2, 0.25) is 0 Å². The Morgan fingerprint density at radius 3 is 2.35 bits per heavy atom. The van der Waals surface area contributed by atoms with Gasteiger partial charge in [-0.05, 0) is 29.7 Å². The van der Waals surface area contributed by atoms with Crippen LogP contribution in [0, 0.1) is 0 Å². The van der Waals surface area contributed by atoms with Gasteiger partial charge in [-0.2, -0.15) is 0 Å². The van der Waals surface area contributed by atoms with Gasteiger partial charge < -0.3 is 15.5 Å². The van der Waals surface area contributed by atoms with E-state index in [0.29, 0.717) is 22.5 Å². The lowest BCUT2D eigenvalue weighted by atomic mass is 10.0. The highest BCUT2D eigenvalue weighted by atomic mass is 32.1. The van der Waals surface area contributed by atoms with E-state index in [4.69, 9.17) is 0 Å². The molecule has 0 aliphatic rings. The topological polar surface area (TPSA) is 86.6 Å². The fourth-order valence-corrected chi connectivity index (χ4v) is 3.58. The molecule has 132 valence electrons. The van der Waals surface area contributed by atoms with Crippen molar-refractivity contribution in [2.45, 2.75) is 12.8 Å². The smallest absolute Gasteiger partial charge is 0.339 e. The number of phenols is 1. The Balaban J connectivity index is 1.76. The van der Waals surface area contributed by atoms with E-state index in [1.165, 1.54) is 23.5 Å². The zero-order valence-corrected chi connectivity index (χ0v) is 14.6. The molecule has 0 spiro atoms. The molecule has 0 radical (unpaired) electrons. The Bertz CT molecular complexity index is 917. The Kier molecular flexibility index (Phi) is 5.34. The second-order valence-corrected chi connectivity index (χ2v) is 6.62. The van der Waals surface area contributed by atoms with Crippen molar-refractivity contribution in [3.63, 3.8) is 0 Å². The molecule has 3 aromatic rings. The summed E-state index contributed by atoms with van der Waals surface area (Å²) in [6.07, 6.45) is 0.862. The van der Waals surface area contributed by atoms with Crippen molar-refractivity contribution in [2.75, 3.05) is 5.32 Å². The van der Waals surface area contributed by atoms with E-state index in [1.54, 1.807) is 17.5 Å². The predicted octanol–water partition coefficient (Wildman–Crippen LogP) is 4.39. The van der Waals surface area contributed by atoms with Crippen LogP contribution in [0.5, 0.6) is 5.75 Å². The number of aryl methyl sites for hydroxylation is 1. The van der Waals surface area contributed by atoms with Crippen LogP contribution in [-0.4, -0.2) is 22.1 Å². The summed E-state index contributed by atoms with van der Waals surface area (Å²) in [5.74, 6) is -1.22. The third-order valence-electron chi connectivity index (χ3n) is 3.92. The van der Waals surface area contributed by atoms with Gasteiger partial charge in [0.25, 0.3) is 0 Å². The average Bonchev–Trinajstić information content (AvgIpc) is 3.05. The summed E-state index contributed by atoms with van der Waals surface area (Å²) in [6.45, 7) is 0. The molecule has 2 aromatic carbocycles. The van der Waals surface area contributed by atoms with Gasteiger partial charge in [-0.3, -0.25) is 4.79 Å². The monoisotopic (exact) mass is 367 g/mol. The van der Waals surface area contributed by atoms with Crippen molar-refractivity contribution in [3.05, 3.63) is 71.1 Å². The maximum atomic E-state index is 12.2. The minimum absolute atomic E-state index is 0.0637. The number of anilines is 1. The highest BCUT2D eigenvalue weighted by Gasteiger charge is 2.21. The first kappa shape index (κ1) is 17.7. The van der Waals surface area contributed by atoms with Crippen LogP contribution in [0.15, 0.2) is 60.0 Å². The molecular weight excluding hydrogens is 350 g/mol. The minimum atomic E-state index is -1.10. The first-order valence-electron chi connectivity index (χ1n) is 8.02. The van der Waals surface area contributed by atoms with Crippen LogP contribution < -0.4 is 5.32 Å². The number of carbonyl (C=O) groups is 2. The number of hydrogen-bond donors (Lipinski definition) is 3. The van der Waals surface area contributed by atoms with Crippen molar-refractivity contribution in [3.8, 4) is 16.9 Å². The van der Waals surface area contributed by atoms with E-state index in [1.807, 2.05) is 30.3 Å². The van der Waals surface area contributed by atoms with Crippen LogP contribution in [0.25, 0.3) is 11.1 Å². The number of carboxylic acids is 1. The number of hydrogen-bond acceptors (Lipinski definition) is 4. The maximum absolute atomic E-state index is 12.2. The van der Waals surface area contributed by atoms with E-state index < -0.39 is 5.97 Å². The summed E-state index contributed by atoms with van der Waals surface area (Å²) in [6, 6.07) is 15.9. The highest BCUT2D eigenvalue weighted by Crippen LogP contribution is 2.36. The average molecular weight is 367 g/mol. The van der Waals surface area contributed by atoms with Gasteiger partial charge in [0, 0.05) is 17.4 Å². The van der Waals surface area contributed by atoms with Crippen LogP contribution in [0.3, 0.4) is 0 Å². The number of thiophene rings is 1. The van der Waals surface area contributed by atoms with E-state index >= 15 is 0 Å². The van der Waals surface area contributed by atoms with E-state index in [-0.39, 0.29) is 23.6 Å². The fraction of sp³-hybridized carbons (Fsp3) is 0.100. The molecule has 0 saturated heterocycles. The third-order valence-corrected chi connectivity index (χ3v) is 4.82. The van der Waals surface area contributed by atoms with Crippen LogP contribution in [0.4, 0.5) is 5.00 Å². The van der Waals surface area contributed by atoms with Crippen molar-refractivity contribution in [2.24, 2.45) is 0 Å². The van der Waals surface area contributed by atoms with Gasteiger partial charge >= 0.3 is 5.97 Å². The van der Waals surface area contributed by atoms with Crippen LogP contribution >= 0.6 is 11.3 Å². The van der Waals surface area contributed by atoms with Gasteiger partial charge in [0.2, 0.25) is 5.91 Å². The SMILES string of the molecule is O=C(CCc1ccccc1)Nc1scc(-c2ccc(O)cc2)c1C(=O)O. The lowest BCUT2D eigenvalue weighted by Crippen LogP contribution is -2.14. The second-order valence-electron chi connectivity index (χ2n) is 5.74. The standard InChI is InChI=1S/C20H17NO4S/c22-15-9-7-14(8-10-15)16-12-26-19(18(16)20(24)25)21-17(23)11-6-13-4-2-1-3-5-13/h1-5,7-10,12,22H,6,11H2,(H,21,23)(H,24,25). The molecule has 0 atom stereocenters. The molecule has 1 aromatic heterocycles. The van der Waals surface area contributed by atoms with Crippen LogP contribution in [0.1, 0.15) is 22.3 Å². The Morgan fingerprint density at radius 1 is 1.00 bits per heavy atom. The van der Waals surface area contributed by atoms with Gasteiger partial charge in [-0.15, -0.1) is 11.3 Å². The maximum Gasteiger partial charge on any atom is 0.339 e. The first-order chi connectivity index (χ1) is 12.5. The quantitative estimate of drug-likeness (QED) is 0.603. The van der Waals surface area contributed by atoms with E-state index in [0.717, 1.165) is 5.56 Å². The number of nitrogens with one attached hydrogen (secondary N) is 1. The van der Waals surface area contributed by atoms with Crippen molar-refractivity contribution >= 4 is 28.2 Å². The molecule has 0 bridgehead atoms. The number of benzene rings is 2. The molecule has 1 heterocycles. The summed E-state index contributed by atoms with van der Waals surface area (Å²) >= 11 is 1.18. The molecule has 26 heavy (non-hydrogen) atoms. The zero-order valence-electron chi connectivity index (χ0n) is 13.8. The van der Waals surface area contributed by atoms with Gasteiger partial charge in [0.05, 0.1) is 0 Å². The number of carbonyl (C=O) groups excluding carboxylic acids is 1. The Morgan fingerprint density at radius 2 is 1.69 bits per heavy atom. The normalized spacial score (nSPS) is 10.5. The van der Waals surface area contributed by atoms with Crippen LogP contribution in [-0.2, 0) is 11.2 Å². The number of phenolic OH excluding ortho intramolecular Hbond substituents is 1. The molecule has 6 heteroatoms. The highest BCUT2D eigenvalue weighted by molar-refractivity contribution is 7.15. The summed E-state index contributed by atoms with van der Waals surface area (Å²) in [5.41, 5.74) is 2.30. The van der Waals surface area contributed by atoms with Gasteiger partial charge in [0.15, 0.2) is 0 Å². The number of aromatic hydroxyl groups is 1. The summed E-state index contributed by atoms with van der Waals surface area (Å²) in [7, 11) is 0. The molecule has 0 fully saturated rings. The predicted molar refractivity (Wildman–Crippen MR) is 102 cm³/mol. The summed E-state index contributed by atoms with van der Waals surface area (Å²) in [4.78, 5) is 23.9. The zero-order chi connectivity index (χ0) is 18.5. The van der Waals surface area contributed by atoms with Gasteiger partial charge in [0.1, 0.15) is 16.3 Å². The lowest BCUT2D eigenvalue weighted by Gasteiger charge is -2.06. The number of carboxylic acid groups (broad SMARTS) is 1. The lowest BCUT2D eigenvalue weighted by molar-refractivity contribution is -0.116. The fourth-order valence-electron chi connectivity index (χ4n) is 2.61. The molecule has 1 amide bonds. The molecule has 0 aliphatic carbocycles. The van der Waals surface area contributed by atoms with Gasteiger partial charge in [-0.25, -0.2) is 4.79 Å². The van der Waals surface area contributed by atoms with Gasteiger partial charge in [-0.1, -0.05) is 42.5 Å².